The average molecular weight is 317 g/mol. The molecule has 0 bridgehead atoms. The van der Waals surface area contributed by atoms with Crippen molar-refractivity contribution in [3.05, 3.63) is 55.1 Å². The van der Waals surface area contributed by atoms with Crippen LogP contribution in [0, 0.1) is 6.92 Å². The first kappa shape index (κ1) is 12.1. The lowest BCUT2D eigenvalue weighted by Gasteiger charge is -2.14. The molecule has 0 saturated carbocycles. The highest BCUT2D eigenvalue weighted by Crippen LogP contribution is 2.33. The van der Waals surface area contributed by atoms with Gasteiger partial charge in [0.1, 0.15) is 0 Å². The Labute approximate surface area is 112 Å². The Kier molecular flexibility index (Phi) is 3.70. The summed E-state index contributed by atoms with van der Waals surface area (Å²) in [6, 6.07) is 7.72. The monoisotopic (exact) mass is 315 g/mol. The minimum absolute atomic E-state index is 0.118. The average Bonchev–Trinajstić information content (AvgIpc) is 2.67. The van der Waals surface area contributed by atoms with Crippen LogP contribution < -0.4 is 5.73 Å². The van der Waals surface area contributed by atoms with Gasteiger partial charge in [-0.3, -0.25) is 0 Å². The van der Waals surface area contributed by atoms with Gasteiger partial charge in [0.15, 0.2) is 0 Å². The van der Waals surface area contributed by atoms with Gasteiger partial charge < -0.3 is 5.73 Å². The first-order valence-electron chi connectivity index (χ1n) is 4.84. The van der Waals surface area contributed by atoms with Crippen molar-refractivity contribution in [1.29, 1.82) is 0 Å². The molecule has 0 saturated heterocycles. The number of hydrogen-bond donors (Lipinski definition) is 1. The molecule has 0 fully saturated rings. The summed E-state index contributed by atoms with van der Waals surface area (Å²) in [6.45, 7) is 2.05. The highest BCUT2D eigenvalue weighted by molar-refractivity contribution is 9.10. The SMILES string of the molecule is Cc1ccc(Cl)cc1C(N)c1sccc1Br. The highest BCUT2D eigenvalue weighted by Gasteiger charge is 2.15. The molecule has 0 aliphatic heterocycles. The van der Waals surface area contributed by atoms with E-state index in [1.807, 2.05) is 36.6 Å². The molecule has 2 aromatic rings. The van der Waals surface area contributed by atoms with E-state index in [0.717, 1.165) is 25.5 Å². The first-order chi connectivity index (χ1) is 7.59. The van der Waals surface area contributed by atoms with E-state index >= 15 is 0 Å². The van der Waals surface area contributed by atoms with Crippen molar-refractivity contribution in [2.75, 3.05) is 0 Å². The van der Waals surface area contributed by atoms with Crippen LogP contribution in [0.5, 0.6) is 0 Å². The Bertz CT molecular complexity index is 509. The number of thiophene rings is 1. The van der Waals surface area contributed by atoms with Crippen molar-refractivity contribution in [3.63, 3.8) is 0 Å². The molecule has 84 valence electrons. The van der Waals surface area contributed by atoms with Crippen molar-refractivity contribution in [1.82, 2.24) is 0 Å². The van der Waals surface area contributed by atoms with Crippen LogP contribution in [0.1, 0.15) is 22.0 Å². The van der Waals surface area contributed by atoms with Crippen LogP contribution in [-0.4, -0.2) is 0 Å². The Balaban J connectivity index is 2.45. The summed E-state index contributed by atoms with van der Waals surface area (Å²) in [5, 5.41) is 2.75. The molecule has 2 N–H and O–H groups in total. The number of aryl methyl sites for hydroxylation is 1. The van der Waals surface area contributed by atoms with Crippen molar-refractivity contribution in [2.24, 2.45) is 5.73 Å². The zero-order valence-electron chi connectivity index (χ0n) is 8.71. The number of nitrogens with two attached hydrogens (primary N) is 1. The summed E-state index contributed by atoms with van der Waals surface area (Å²) >= 11 is 11.2. The lowest BCUT2D eigenvalue weighted by Crippen LogP contribution is -2.12. The molecule has 0 amide bonds. The summed E-state index contributed by atoms with van der Waals surface area (Å²) in [7, 11) is 0. The second-order valence-electron chi connectivity index (χ2n) is 3.61. The molecule has 1 heterocycles. The maximum Gasteiger partial charge on any atom is 0.0660 e. The third kappa shape index (κ3) is 2.33. The fraction of sp³-hybridized carbons (Fsp3) is 0.167. The van der Waals surface area contributed by atoms with Gasteiger partial charge in [0.05, 0.1) is 6.04 Å². The molecular weight excluding hydrogens is 306 g/mol. The van der Waals surface area contributed by atoms with Crippen LogP contribution in [0.15, 0.2) is 34.1 Å². The molecule has 1 aromatic heterocycles. The largest absolute Gasteiger partial charge is 0.320 e. The Morgan fingerprint density at radius 2 is 2.12 bits per heavy atom. The molecule has 16 heavy (non-hydrogen) atoms. The second kappa shape index (κ2) is 4.88. The smallest absolute Gasteiger partial charge is 0.0660 e. The van der Waals surface area contributed by atoms with Crippen LogP contribution in [0.4, 0.5) is 0 Å². The van der Waals surface area contributed by atoms with Gasteiger partial charge in [0, 0.05) is 14.4 Å². The van der Waals surface area contributed by atoms with Crippen LogP contribution in [0.25, 0.3) is 0 Å². The quantitative estimate of drug-likeness (QED) is 0.866. The number of rotatable bonds is 2. The normalized spacial score (nSPS) is 12.8. The van der Waals surface area contributed by atoms with Gasteiger partial charge >= 0.3 is 0 Å². The molecule has 0 aliphatic carbocycles. The summed E-state index contributed by atoms with van der Waals surface area (Å²) in [6.07, 6.45) is 0. The van der Waals surface area contributed by atoms with E-state index in [4.69, 9.17) is 17.3 Å². The van der Waals surface area contributed by atoms with Crippen molar-refractivity contribution < 1.29 is 0 Å². The minimum atomic E-state index is -0.118. The number of benzene rings is 1. The van der Waals surface area contributed by atoms with Gasteiger partial charge in [-0.15, -0.1) is 11.3 Å². The van der Waals surface area contributed by atoms with Crippen LogP contribution >= 0.6 is 38.9 Å². The van der Waals surface area contributed by atoms with E-state index in [2.05, 4.69) is 15.9 Å². The molecule has 1 unspecified atom stereocenters. The molecule has 0 radical (unpaired) electrons. The van der Waals surface area contributed by atoms with E-state index in [1.165, 1.54) is 0 Å². The maximum atomic E-state index is 6.25. The summed E-state index contributed by atoms with van der Waals surface area (Å²) in [5.74, 6) is 0. The van der Waals surface area contributed by atoms with E-state index in [9.17, 15) is 0 Å². The molecule has 0 aliphatic rings. The van der Waals surface area contributed by atoms with Gasteiger partial charge in [-0.2, -0.15) is 0 Å². The molecule has 1 aromatic carbocycles. The van der Waals surface area contributed by atoms with Crippen LogP contribution in [0.2, 0.25) is 5.02 Å². The third-order valence-electron chi connectivity index (χ3n) is 2.50. The first-order valence-corrected chi connectivity index (χ1v) is 6.89. The zero-order valence-corrected chi connectivity index (χ0v) is 11.9. The van der Waals surface area contributed by atoms with E-state index in [1.54, 1.807) is 11.3 Å². The van der Waals surface area contributed by atoms with Crippen LogP contribution in [0.3, 0.4) is 0 Å². The highest BCUT2D eigenvalue weighted by atomic mass is 79.9. The Morgan fingerprint density at radius 3 is 2.75 bits per heavy atom. The molecular formula is C12H11BrClNS. The standard InChI is InChI=1S/C12H11BrClNS/c1-7-2-3-8(14)6-9(7)11(15)12-10(13)4-5-16-12/h2-6,11H,15H2,1H3. The fourth-order valence-electron chi connectivity index (χ4n) is 1.61. The third-order valence-corrected chi connectivity index (χ3v) is 4.69. The van der Waals surface area contributed by atoms with Crippen LogP contribution in [-0.2, 0) is 0 Å². The van der Waals surface area contributed by atoms with E-state index < -0.39 is 0 Å². The second-order valence-corrected chi connectivity index (χ2v) is 5.85. The molecule has 4 heteroatoms. The minimum Gasteiger partial charge on any atom is -0.320 e. The summed E-state index contributed by atoms with van der Waals surface area (Å²) < 4.78 is 1.06. The lowest BCUT2D eigenvalue weighted by atomic mass is 10.0. The molecule has 1 atom stereocenters. The summed E-state index contributed by atoms with van der Waals surface area (Å²) in [5.41, 5.74) is 8.50. The van der Waals surface area contributed by atoms with Gasteiger partial charge in [-0.25, -0.2) is 0 Å². The zero-order chi connectivity index (χ0) is 11.7. The maximum absolute atomic E-state index is 6.25. The van der Waals surface area contributed by atoms with E-state index in [0.29, 0.717) is 0 Å². The lowest BCUT2D eigenvalue weighted by molar-refractivity contribution is 0.878. The van der Waals surface area contributed by atoms with Crippen molar-refractivity contribution in [3.8, 4) is 0 Å². The van der Waals surface area contributed by atoms with Crippen molar-refractivity contribution >= 4 is 38.9 Å². The van der Waals surface area contributed by atoms with Gasteiger partial charge in [0.25, 0.3) is 0 Å². The van der Waals surface area contributed by atoms with E-state index in [-0.39, 0.29) is 6.04 Å². The van der Waals surface area contributed by atoms with Gasteiger partial charge in [-0.1, -0.05) is 17.7 Å². The summed E-state index contributed by atoms with van der Waals surface area (Å²) in [4.78, 5) is 1.13. The van der Waals surface area contributed by atoms with Crippen molar-refractivity contribution in [2.45, 2.75) is 13.0 Å². The number of halogens is 2. The Hall–Kier alpha value is -0.350. The Morgan fingerprint density at radius 1 is 1.38 bits per heavy atom. The van der Waals surface area contributed by atoms with Gasteiger partial charge in [0.2, 0.25) is 0 Å². The molecule has 2 rings (SSSR count). The topological polar surface area (TPSA) is 26.0 Å². The molecule has 1 nitrogen and oxygen atoms in total. The predicted octanol–water partition coefficient (Wildman–Crippen LogP) is 4.52. The van der Waals surface area contributed by atoms with Gasteiger partial charge in [-0.05, 0) is 57.6 Å². The number of hydrogen-bond acceptors (Lipinski definition) is 2. The predicted molar refractivity (Wildman–Crippen MR) is 74.2 cm³/mol. The fourth-order valence-corrected chi connectivity index (χ4v) is 3.43. The molecule has 0 spiro atoms.